The highest BCUT2D eigenvalue weighted by Gasteiger charge is 2.39. The van der Waals surface area contributed by atoms with Crippen molar-refractivity contribution in [2.45, 2.75) is 12.3 Å². The molecule has 0 saturated heterocycles. The van der Waals surface area contributed by atoms with Crippen LogP contribution in [-0.4, -0.2) is 24.5 Å². The van der Waals surface area contributed by atoms with E-state index in [9.17, 15) is 13.2 Å². The predicted octanol–water partition coefficient (Wildman–Crippen LogP) is 3.39. The quantitative estimate of drug-likeness (QED) is 0.840. The van der Waals surface area contributed by atoms with Gasteiger partial charge in [0.05, 0.1) is 7.11 Å². The van der Waals surface area contributed by atoms with Crippen LogP contribution >= 0.6 is 22.6 Å². The van der Waals surface area contributed by atoms with Gasteiger partial charge >= 0.3 is 6.18 Å². The van der Waals surface area contributed by atoms with Crippen molar-refractivity contribution in [1.82, 2.24) is 0 Å². The molecule has 0 bridgehead atoms. The number of methoxy groups -OCH3 is 1. The van der Waals surface area contributed by atoms with E-state index in [4.69, 9.17) is 9.84 Å². The molecule has 94 valence electrons. The van der Waals surface area contributed by atoms with E-state index in [0.717, 1.165) is 0 Å². The maximum atomic E-state index is 12.2. The predicted molar refractivity (Wildman–Crippen MR) is 67.1 cm³/mol. The summed E-state index contributed by atoms with van der Waals surface area (Å²) in [6, 6.07) is 6.49. The first-order chi connectivity index (χ1) is 7.84. The first kappa shape index (κ1) is 14.3. The van der Waals surface area contributed by atoms with Gasteiger partial charge in [0.1, 0.15) is 5.75 Å². The molecule has 0 fully saturated rings. The molecule has 1 atom stereocenters. The maximum Gasteiger partial charge on any atom is 0.419 e. The van der Waals surface area contributed by atoms with Gasteiger partial charge in [0.25, 0.3) is 0 Å². The van der Waals surface area contributed by atoms with Gasteiger partial charge in [-0.25, -0.2) is 0 Å². The van der Waals surface area contributed by atoms with Gasteiger partial charge in [-0.3, -0.25) is 0 Å². The van der Waals surface area contributed by atoms with Gasteiger partial charge in [0.2, 0.25) is 0 Å². The summed E-state index contributed by atoms with van der Waals surface area (Å²) in [6.45, 7) is 0. The molecule has 6 heteroatoms. The van der Waals surface area contributed by atoms with Crippen LogP contribution in [0.3, 0.4) is 0 Å². The molecular formula is C11H10F3IO2. The molecule has 0 radical (unpaired) electrons. The smallest absolute Gasteiger partial charge is 0.419 e. The van der Waals surface area contributed by atoms with Gasteiger partial charge < -0.3 is 9.84 Å². The number of halogens is 4. The SMILES string of the molecule is COc1ccc(/C=C(\I)C(O)C(F)(F)F)cc1. The third-order valence-electron chi connectivity index (χ3n) is 1.99. The van der Waals surface area contributed by atoms with E-state index in [0.29, 0.717) is 11.3 Å². The molecular weight excluding hydrogens is 348 g/mol. The van der Waals surface area contributed by atoms with Crippen molar-refractivity contribution < 1.29 is 23.0 Å². The molecule has 1 unspecified atom stereocenters. The third kappa shape index (κ3) is 4.19. The molecule has 0 heterocycles. The monoisotopic (exact) mass is 358 g/mol. The lowest BCUT2D eigenvalue weighted by atomic mass is 10.2. The summed E-state index contributed by atoms with van der Waals surface area (Å²) in [7, 11) is 1.50. The Balaban J connectivity index is 2.87. The van der Waals surface area contributed by atoms with Crippen molar-refractivity contribution >= 4 is 28.7 Å². The lowest BCUT2D eigenvalue weighted by Gasteiger charge is -2.13. The van der Waals surface area contributed by atoms with Gasteiger partial charge in [0.15, 0.2) is 6.10 Å². The minimum absolute atomic E-state index is 0.180. The van der Waals surface area contributed by atoms with Crippen LogP contribution in [0.4, 0.5) is 13.2 Å². The van der Waals surface area contributed by atoms with Gasteiger partial charge in [-0.05, 0) is 46.4 Å². The zero-order valence-corrected chi connectivity index (χ0v) is 11.0. The van der Waals surface area contributed by atoms with Gasteiger partial charge in [-0.15, -0.1) is 0 Å². The molecule has 0 aliphatic heterocycles. The van der Waals surface area contributed by atoms with Crippen molar-refractivity contribution in [3.05, 3.63) is 33.4 Å². The molecule has 2 nitrogen and oxygen atoms in total. The van der Waals surface area contributed by atoms with Crippen molar-refractivity contribution in [3.8, 4) is 5.75 Å². The molecule has 0 aliphatic rings. The Bertz CT molecular complexity index is 398. The Morgan fingerprint density at radius 1 is 1.35 bits per heavy atom. The van der Waals surface area contributed by atoms with Crippen LogP contribution < -0.4 is 4.74 Å². The highest BCUT2D eigenvalue weighted by atomic mass is 127. The van der Waals surface area contributed by atoms with Crippen molar-refractivity contribution in [3.63, 3.8) is 0 Å². The van der Waals surface area contributed by atoms with Gasteiger partial charge in [-0.1, -0.05) is 12.1 Å². The van der Waals surface area contributed by atoms with Crippen LogP contribution in [0.1, 0.15) is 5.56 Å². The Kier molecular flexibility index (Phi) is 4.81. The first-order valence-electron chi connectivity index (χ1n) is 4.60. The van der Waals surface area contributed by atoms with Gasteiger partial charge in [0, 0.05) is 3.58 Å². The molecule has 1 aromatic carbocycles. The fourth-order valence-electron chi connectivity index (χ4n) is 1.09. The number of hydrogen-bond donors (Lipinski definition) is 1. The number of rotatable bonds is 3. The summed E-state index contributed by atoms with van der Waals surface area (Å²) in [5.74, 6) is 0.619. The van der Waals surface area contributed by atoms with E-state index in [1.807, 2.05) is 0 Å². The second-order valence-corrected chi connectivity index (χ2v) is 4.49. The number of aliphatic hydroxyl groups is 1. The molecule has 0 aliphatic carbocycles. The molecule has 1 aromatic rings. The Labute approximate surface area is 110 Å². The molecule has 0 amide bonds. The van der Waals surface area contributed by atoms with Crippen LogP contribution in [0.15, 0.2) is 27.8 Å². The Hall–Kier alpha value is -0.760. The summed E-state index contributed by atoms with van der Waals surface area (Å²) in [4.78, 5) is 0. The lowest BCUT2D eigenvalue weighted by molar-refractivity contribution is -0.188. The van der Waals surface area contributed by atoms with Gasteiger partial charge in [-0.2, -0.15) is 13.2 Å². The average Bonchev–Trinajstić information content (AvgIpc) is 2.27. The first-order valence-corrected chi connectivity index (χ1v) is 5.68. The van der Waals surface area contributed by atoms with Crippen LogP contribution in [-0.2, 0) is 0 Å². The Morgan fingerprint density at radius 3 is 2.29 bits per heavy atom. The Morgan fingerprint density at radius 2 is 1.88 bits per heavy atom. The summed E-state index contributed by atoms with van der Waals surface area (Å²) >= 11 is 1.47. The summed E-state index contributed by atoms with van der Waals surface area (Å²) in [5.41, 5.74) is 0.568. The number of aliphatic hydroxyl groups excluding tert-OH is 1. The van der Waals surface area contributed by atoms with E-state index in [-0.39, 0.29) is 3.58 Å². The topological polar surface area (TPSA) is 29.5 Å². The number of hydrogen-bond acceptors (Lipinski definition) is 2. The summed E-state index contributed by atoms with van der Waals surface area (Å²) < 4.78 is 41.4. The second-order valence-electron chi connectivity index (χ2n) is 3.25. The van der Waals surface area contributed by atoms with Crippen LogP contribution in [0.5, 0.6) is 5.75 Å². The van der Waals surface area contributed by atoms with Crippen molar-refractivity contribution in [1.29, 1.82) is 0 Å². The summed E-state index contributed by atoms with van der Waals surface area (Å²) in [6.07, 6.45) is -5.80. The van der Waals surface area contributed by atoms with Crippen LogP contribution in [0.2, 0.25) is 0 Å². The highest BCUT2D eigenvalue weighted by Crippen LogP contribution is 2.30. The highest BCUT2D eigenvalue weighted by molar-refractivity contribution is 14.1. The molecule has 0 aromatic heterocycles. The largest absolute Gasteiger partial charge is 0.497 e. The van der Waals surface area contributed by atoms with Crippen LogP contribution in [0, 0.1) is 0 Å². The third-order valence-corrected chi connectivity index (χ3v) is 2.89. The normalized spacial score (nSPS) is 14.6. The fourth-order valence-corrected chi connectivity index (χ4v) is 1.81. The van der Waals surface area contributed by atoms with Crippen molar-refractivity contribution in [2.24, 2.45) is 0 Å². The minimum Gasteiger partial charge on any atom is -0.497 e. The zero-order valence-electron chi connectivity index (χ0n) is 8.83. The number of alkyl halides is 3. The van der Waals surface area contributed by atoms with E-state index in [1.165, 1.54) is 35.8 Å². The molecule has 1 N–H and O–H groups in total. The van der Waals surface area contributed by atoms with E-state index in [1.54, 1.807) is 24.3 Å². The standard InChI is InChI=1S/C11H10F3IO2/c1-17-8-4-2-7(3-5-8)6-9(15)10(16)11(12,13)14/h2-6,10,16H,1H3/b9-6-. The summed E-state index contributed by atoms with van der Waals surface area (Å²) in [5, 5.41) is 8.99. The molecule has 1 rings (SSSR count). The zero-order chi connectivity index (χ0) is 13.1. The van der Waals surface area contributed by atoms with Crippen LogP contribution in [0.25, 0.3) is 6.08 Å². The average molecular weight is 358 g/mol. The molecule has 17 heavy (non-hydrogen) atoms. The van der Waals surface area contributed by atoms with E-state index < -0.39 is 12.3 Å². The maximum absolute atomic E-state index is 12.2. The minimum atomic E-state index is -4.64. The van der Waals surface area contributed by atoms with E-state index in [2.05, 4.69) is 0 Å². The van der Waals surface area contributed by atoms with Crippen molar-refractivity contribution in [2.75, 3.05) is 7.11 Å². The number of benzene rings is 1. The fraction of sp³-hybridized carbons (Fsp3) is 0.273. The van der Waals surface area contributed by atoms with E-state index >= 15 is 0 Å². The molecule has 0 saturated carbocycles. The number of ether oxygens (including phenoxy) is 1. The lowest BCUT2D eigenvalue weighted by Crippen LogP contribution is -2.28. The molecule has 0 spiro atoms. The second kappa shape index (κ2) is 5.72.